The van der Waals surface area contributed by atoms with E-state index in [1.54, 1.807) is 18.2 Å². The zero-order chi connectivity index (χ0) is 25.4. The molecular formula is C27H31ClN2O4S. The normalized spacial score (nSPS) is 12.4. The van der Waals surface area contributed by atoms with Gasteiger partial charge in [0.25, 0.3) is 5.91 Å². The molecule has 0 spiro atoms. The van der Waals surface area contributed by atoms with Gasteiger partial charge in [0.1, 0.15) is 5.75 Å². The van der Waals surface area contributed by atoms with Crippen LogP contribution in [0.3, 0.4) is 0 Å². The maximum absolute atomic E-state index is 13.0. The van der Waals surface area contributed by atoms with Gasteiger partial charge in [-0.1, -0.05) is 41.9 Å². The van der Waals surface area contributed by atoms with Crippen LogP contribution >= 0.6 is 11.6 Å². The Morgan fingerprint density at radius 2 is 1.74 bits per heavy atom. The van der Waals surface area contributed by atoms with E-state index in [-0.39, 0.29) is 23.4 Å². The summed E-state index contributed by atoms with van der Waals surface area (Å²) in [6.45, 7) is 4.30. The Kier molecular flexibility index (Phi) is 9.32. The average molecular weight is 515 g/mol. The number of sulfonamides is 1. The Bertz CT molecular complexity index is 1230. The first-order chi connectivity index (χ1) is 16.7. The molecule has 0 radical (unpaired) electrons. The number of nitrogens with one attached hydrogen (secondary N) is 1. The molecule has 0 heterocycles. The highest BCUT2D eigenvalue weighted by Crippen LogP contribution is 2.25. The van der Waals surface area contributed by atoms with Crippen LogP contribution in [0.5, 0.6) is 5.75 Å². The third-order valence-corrected chi connectivity index (χ3v) is 7.69. The highest BCUT2D eigenvalue weighted by Gasteiger charge is 2.23. The van der Waals surface area contributed by atoms with Crippen molar-refractivity contribution in [2.45, 2.75) is 44.2 Å². The summed E-state index contributed by atoms with van der Waals surface area (Å²) < 4.78 is 33.0. The van der Waals surface area contributed by atoms with Crippen LogP contribution in [-0.4, -0.2) is 38.3 Å². The molecule has 0 aliphatic carbocycles. The van der Waals surface area contributed by atoms with Crippen molar-refractivity contribution in [1.29, 1.82) is 0 Å². The Labute approximate surface area is 212 Å². The number of hydrogen-bond donors (Lipinski definition) is 1. The van der Waals surface area contributed by atoms with Gasteiger partial charge >= 0.3 is 0 Å². The molecule has 3 rings (SSSR count). The number of halogens is 1. The van der Waals surface area contributed by atoms with Gasteiger partial charge in [-0.2, -0.15) is 4.31 Å². The summed E-state index contributed by atoms with van der Waals surface area (Å²) in [5, 5.41) is 3.50. The van der Waals surface area contributed by atoms with E-state index in [4.69, 9.17) is 16.3 Å². The first-order valence-corrected chi connectivity index (χ1v) is 13.3. The van der Waals surface area contributed by atoms with Gasteiger partial charge in [0.15, 0.2) is 0 Å². The molecule has 3 aromatic rings. The van der Waals surface area contributed by atoms with Gasteiger partial charge in [-0.05, 0) is 74.7 Å². The van der Waals surface area contributed by atoms with Crippen molar-refractivity contribution in [2.75, 3.05) is 13.7 Å². The summed E-state index contributed by atoms with van der Waals surface area (Å²) >= 11 is 5.90. The lowest BCUT2D eigenvalue weighted by molar-refractivity contribution is 0.0938. The average Bonchev–Trinajstić information content (AvgIpc) is 2.84. The number of hydrogen-bond acceptors (Lipinski definition) is 4. The van der Waals surface area contributed by atoms with Crippen molar-refractivity contribution in [2.24, 2.45) is 0 Å². The number of carbonyl (C=O) groups is 1. The molecular weight excluding hydrogens is 484 g/mol. The quantitative estimate of drug-likeness (QED) is 0.376. The van der Waals surface area contributed by atoms with E-state index < -0.39 is 10.0 Å². The molecule has 6 nitrogen and oxygen atoms in total. The van der Waals surface area contributed by atoms with Crippen molar-refractivity contribution in [3.8, 4) is 5.75 Å². The predicted octanol–water partition coefficient (Wildman–Crippen LogP) is 5.31. The second-order valence-corrected chi connectivity index (χ2v) is 10.9. The number of carbonyl (C=O) groups excluding carboxylic acids is 1. The summed E-state index contributed by atoms with van der Waals surface area (Å²) in [4.78, 5) is 13.1. The number of rotatable bonds is 11. The molecule has 186 valence electrons. The van der Waals surface area contributed by atoms with Crippen molar-refractivity contribution in [3.63, 3.8) is 0 Å². The minimum Gasteiger partial charge on any atom is -0.494 e. The van der Waals surface area contributed by atoms with Crippen LogP contribution in [0.2, 0.25) is 5.02 Å². The van der Waals surface area contributed by atoms with E-state index in [0.717, 1.165) is 12.8 Å². The zero-order valence-corrected chi connectivity index (χ0v) is 21.8. The van der Waals surface area contributed by atoms with Crippen LogP contribution in [0.25, 0.3) is 0 Å². The van der Waals surface area contributed by atoms with E-state index >= 15 is 0 Å². The van der Waals surface area contributed by atoms with Crippen LogP contribution in [-0.2, 0) is 23.0 Å². The van der Waals surface area contributed by atoms with E-state index in [2.05, 4.69) is 17.4 Å². The van der Waals surface area contributed by atoms with Gasteiger partial charge in [-0.25, -0.2) is 8.42 Å². The molecule has 0 aliphatic rings. The lowest BCUT2D eigenvalue weighted by Gasteiger charge is -2.20. The molecule has 1 unspecified atom stereocenters. The molecule has 0 bridgehead atoms. The molecule has 0 aromatic heterocycles. The predicted molar refractivity (Wildman–Crippen MR) is 139 cm³/mol. The highest BCUT2D eigenvalue weighted by molar-refractivity contribution is 7.89. The van der Waals surface area contributed by atoms with Crippen molar-refractivity contribution in [3.05, 3.63) is 94.5 Å². The van der Waals surface area contributed by atoms with E-state index in [0.29, 0.717) is 28.5 Å². The summed E-state index contributed by atoms with van der Waals surface area (Å²) in [6.07, 6.45) is 1.67. The molecule has 3 aromatic carbocycles. The maximum atomic E-state index is 13.0. The van der Waals surface area contributed by atoms with Gasteiger partial charge in [0, 0.05) is 35.8 Å². The number of aryl methyl sites for hydroxylation is 1. The molecule has 1 amide bonds. The Morgan fingerprint density at radius 1 is 1.06 bits per heavy atom. The lowest BCUT2D eigenvalue weighted by Crippen LogP contribution is -2.33. The summed E-state index contributed by atoms with van der Waals surface area (Å²) in [5.41, 5.74) is 2.28. The van der Waals surface area contributed by atoms with Crippen LogP contribution < -0.4 is 10.1 Å². The third-order valence-electron chi connectivity index (χ3n) is 5.62. The first kappa shape index (κ1) is 26.7. The van der Waals surface area contributed by atoms with Gasteiger partial charge < -0.3 is 10.1 Å². The Hall–Kier alpha value is -2.87. The molecule has 0 aliphatic heterocycles. The molecule has 1 N–H and O–H groups in total. The number of ether oxygens (including phenoxy) is 1. The van der Waals surface area contributed by atoms with Crippen LogP contribution in [0.1, 0.15) is 41.8 Å². The summed E-state index contributed by atoms with van der Waals surface area (Å²) in [6, 6.07) is 21.2. The van der Waals surface area contributed by atoms with Gasteiger partial charge in [-0.3, -0.25) is 4.79 Å². The number of nitrogens with zero attached hydrogens (tertiary/aromatic N) is 1. The minimum absolute atomic E-state index is 0.0225. The van der Waals surface area contributed by atoms with E-state index in [1.165, 1.54) is 41.2 Å². The molecule has 8 heteroatoms. The van der Waals surface area contributed by atoms with Crippen molar-refractivity contribution >= 4 is 27.5 Å². The third kappa shape index (κ3) is 7.31. The van der Waals surface area contributed by atoms with Crippen molar-refractivity contribution < 1.29 is 17.9 Å². The molecule has 35 heavy (non-hydrogen) atoms. The molecule has 0 fully saturated rings. The van der Waals surface area contributed by atoms with Crippen molar-refractivity contribution in [1.82, 2.24) is 9.62 Å². The fourth-order valence-corrected chi connectivity index (χ4v) is 4.93. The largest absolute Gasteiger partial charge is 0.494 e. The first-order valence-electron chi connectivity index (χ1n) is 11.5. The summed E-state index contributed by atoms with van der Waals surface area (Å²) in [7, 11) is -2.25. The minimum atomic E-state index is -3.75. The van der Waals surface area contributed by atoms with Crippen LogP contribution in [0.4, 0.5) is 0 Å². The molecule has 1 atom stereocenters. The van der Waals surface area contributed by atoms with Crippen LogP contribution in [0, 0.1) is 0 Å². The van der Waals surface area contributed by atoms with E-state index in [1.807, 2.05) is 32.0 Å². The van der Waals surface area contributed by atoms with Gasteiger partial charge in [0.05, 0.1) is 11.5 Å². The van der Waals surface area contributed by atoms with E-state index in [9.17, 15) is 13.2 Å². The number of amides is 1. The SMILES string of the molecule is CCOc1ccc(C(=O)NC(C)CCc2ccccc2)cc1CN(C)S(=O)(=O)c1ccc(Cl)cc1. The highest BCUT2D eigenvalue weighted by atomic mass is 35.5. The van der Waals surface area contributed by atoms with Gasteiger partial charge in [-0.15, -0.1) is 0 Å². The molecule has 0 saturated heterocycles. The number of benzene rings is 3. The fourth-order valence-electron chi connectivity index (χ4n) is 3.66. The monoisotopic (exact) mass is 514 g/mol. The second-order valence-electron chi connectivity index (χ2n) is 8.37. The standard InChI is InChI=1S/C27H31ClN2O4S/c1-4-34-26-17-12-22(27(31)29-20(2)10-11-21-8-6-5-7-9-21)18-23(26)19-30(3)35(32,33)25-15-13-24(28)14-16-25/h5-9,12-18,20H,4,10-11,19H2,1-3H3,(H,29,31). The molecule has 0 saturated carbocycles. The topological polar surface area (TPSA) is 75.7 Å². The smallest absolute Gasteiger partial charge is 0.251 e. The Balaban J connectivity index is 1.73. The van der Waals surface area contributed by atoms with Crippen LogP contribution in [0.15, 0.2) is 77.7 Å². The zero-order valence-electron chi connectivity index (χ0n) is 20.2. The van der Waals surface area contributed by atoms with Gasteiger partial charge in [0.2, 0.25) is 10.0 Å². The second kappa shape index (κ2) is 12.2. The lowest BCUT2D eigenvalue weighted by atomic mass is 10.1. The maximum Gasteiger partial charge on any atom is 0.251 e. The summed E-state index contributed by atoms with van der Waals surface area (Å²) in [5.74, 6) is 0.331. The fraction of sp³-hybridized carbons (Fsp3) is 0.296. The Morgan fingerprint density at radius 3 is 2.40 bits per heavy atom.